The van der Waals surface area contributed by atoms with Crippen molar-refractivity contribution in [3.63, 3.8) is 0 Å². The Kier molecular flexibility index (Phi) is 5.41. The van der Waals surface area contributed by atoms with Crippen LogP contribution in [0.25, 0.3) is 0 Å². The van der Waals surface area contributed by atoms with Gasteiger partial charge in [0.15, 0.2) is 0 Å². The zero-order chi connectivity index (χ0) is 16.8. The van der Waals surface area contributed by atoms with E-state index in [9.17, 15) is 19.3 Å². The zero-order valence-electron chi connectivity index (χ0n) is 12.6. The molecule has 6 heteroatoms. The molecule has 0 amide bonds. The molecule has 2 aromatic rings. The Labute approximate surface area is 132 Å². The fraction of sp³-hybridized carbons (Fsp3) is 0.235. The number of rotatable bonds is 6. The molecule has 0 N–H and O–H groups in total. The summed E-state index contributed by atoms with van der Waals surface area (Å²) in [5.74, 6) is -0.897. The number of carbonyl (C=O) groups excluding carboxylic acids is 1. The van der Waals surface area contributed by atoms with Crippen molar-refractivity contribution in [2.24, 2.45) is 0 Å². The fourth-order valence-corrected chi connectivity index (χ4v) is 2.26. The van der Waals surface area contributed by atoms with Crippen LogP contribution in [0.5, 0.6) is 0 Å². The van der Waals surface area contributed by atoms with Crippen LogP contribution in [-0.4, -0.2) is 10.9 Å². The van der Waals surface area contributed by atoms with Gasteiger partial charge in [-0.15, -0.1) is 0 Å². The van der Waals surface area contributed by atoms with Crippen LogP contribution in [-0.2, 0) is 16.0 Å². The maximum Gasteiger partial charge on any atom is 0.306 e. The summed E-state index contributed by atoms with van der Waals surface area (Å²) in [5.41, 5.74) is 0.668. The van der Waals surface area contributed by atoms with E-state index in [0.29, 0.717) is 11.1 Å². The number of carbonyl (C=O) groups is 1. The Hall–Kier alpha value is -2.76. The Balaban J connectivity index is 1.98. The average molecular weight is 317 g/mol. The van der Waals surface area contributed by atoms with E-state index in [1.54, 1.807) is 43.3 Å². The van der Waals surface area contributed by atoms with Gasteiger partial charge in [0.25, 0.3) is 5.69 Å². The minimum Gasteiger partial charge on any atom is -0.457 e. The number of nitrogens with zero attached hydrogens (tertiary/aromatic N) is 1. The number of ether oxygens (including phenoxy) is 1. The second-order valence-corrected chi connectivity index (χ2v) is 5.04. The molecule has 120 valence electrons. The van der Waals surface area contributed by atoms with Crippen molar-refractivity contribution in [2.45, 2.75) is 25.9 Å². The molecule has 0 aliphatic heterocycles. The summed E-state index contributed by atoms with van der Waals surface area (Å²) in [5, 5.41) is 11.0. The normalized spacial score (nSPS) is 11.7. The van der Waals surface area contributed by atoms with E-state index >= 15 is 0 Å². The van der Waals surface area contributed by atoms with Crippen LogP contribution >= 0.6 is 0 Å². The van der Waals surface area contributed by atoms with E-state index < -0.39 is 17.0 Å². The van der Waals surface area contributed by atoms with Gasteiger partial charge >= 0.3 is 5.97 Å². The maximum atomic E-state index is 13.5. The van der Waals surface area contributed by atoms with Crippen LogP contribution in [0.4, 0.5) is 10.1 Å². The van der Waals surface area contributed by atoms with Crippen LogP contribution in [0.3, 0.4) is 0 Å². The average Bonchev–Trinajstić information content (AvgIpc) is 2.54. The van der Waals surface area contributed by atoms with Gasteiger partial charge in [0.05, 0.1) is 10.5 Å². The van der Waals surface area contributed by atoms with Crippen molar-refractivity contribution in [2.75, 3.05) is 0 Å². The van der Waals surface area contributed by atoms with Gasteiger partial charge in [0.2, 0.25) is 0 Å². The molecular weight excluding hydrogens is 301 g/mol. The van der Waals surface area contributed by atoms with E-state index in [2.05, 4.69) is 0 Å². The summed E-state index contributed by atoms with van der Waals surface area (Å²) in [6.07, 6.45) is -0.522. The Bertz CT molecular complexity index is 717. The summed E-state index contributed by atoms with van der Waals surface area (Å²) in [7, 11) is 0. The van der Waals surface area contributed by atoms with Crippen molar-refractivity contribution in [3.05, 3.63) is 75.6 Å². The molecule has 0 spiro atoms. The third kappa shape index (κ3) is 4.35. The highest BCUT2D eigenvalue weighted by Gasteiger charge is 2.21. The zero-order valence-corrected chi connectivity index (χ0v) is 12.6. The second-order valence-electron chi connectivity index (χ2n) is 5.04. The third-order valence-corrected chi connectivity index (χ3v) is 3.44. The molecule has 0 bridgehead atoms. The smallest absolute Gasteiger partial charge is 0.306 e. The first-order valence-electron chi connectivity index (χ1n) is 7.15. The standard InChI is InChI=1S/C17H16FNO4/c1-12(14-7-3-5-9-16(14)19(21)22)23-17(20)11-10-13-6-2-4-8-15(13)18/h2-9,12H,10-11H2,1H3. The molecule has 0 radical (unpaired) electrons. The molecule has 0 fully saturated rings. The number of benzene rings is 2. The van der Waals surface area contributed by atoms with Crippen molar-refractivity contribution in [1.82, 2.24) is 0 Å². The molecule has 2 rings (SSSR count). The van der Waals surface area contributed by atoms with Gasteiger partial charge in [0.1, 0.15) is 11.9 Å². The number of aryl methyl sites for hydroxylation is 1. The number of nitro groups is 1. The first-order valence-corrected chi connectivity index (χ1v) is 7.15. The fourth-order valence-electron chi connectivity index (χ4n) is 2.26. The highest BCUT2D eigenvalue weighted by molar-refractivity contribution is 5.70. The highest BCUT2D eigenvalue weighted by atomic mass is 19.1. The number of hydrogen-bond acceptors (Lipinski definition) is 4. The summed E-state index contributed by atoms with van der Waals surface area (Å²) in [6.45, 7) is 1.57. The van der Waals surface area contributed by atoms with Gasteiger partial charge in [0, 0.05) is 12.5 Å². The minimum absolute atomic E-state index is 0.00586. The van der Waals surface area contributed by atoms with Crippen molar-refractivity contribution in [1.29, 1.82) is 0 Å². The van der Waals surface area contributed by atoms with Gasteiger partial charge in [-0.05, 0) is 31.0 Å². The molecule has 0 aliphatic rings. The summed E-state index contributed by atoms with van der Waals surface area (Å²) in [4.78, 5) is 22.3. The largest absolute Gasteiger partial charge is 0.457 e. The lowest BCUT2D eigenvalue weighted by Gasteiger charge is -2.13. The van der Waals surface area contributed by atoms with Gasteiger partial charge in [-0.3, -0.25) is 14.9 Å². The monoisotopic (exact) mass is 317 g/mol. The van der Waals surface area contributed by atoms with Gasteiger partial charge < -0.3 is 4.74 Å². The number of hydrogen-bond donors (Lipinski definition) is 0. The Morgan fingerprint density at radius 2 is 1.87 bits per heavy atom. The van der Waals surface area contributed by atoms with E-state index in [4.69, 9.17) is 4.74 Å². The molecular formula is C17H16FNO4. The molecule has 0 heterocycles. The second kappa shape index (κ2) is 7.49. The topological polar surface area (TPSA) is 69.4 Å². The van der Waals surface area contributed by atoms with Crippen LogP contribution in [0.15, 0.2) is 48.5 Å². The third-order valence-electron chi connectivity index (χ3n) is 3.44. The summed E-state index contributed by atoms with van der Waals surface area (Å²) >= 11 is 0. The molecule has 0 aliphatic carbocycles. The quantitative estimate of drug-likeness (QED) is 0.459. The number of halogens is 1. The predicted molar refractivity (Wildman–Crippen MR) is 82.3 cm³/mol. The number of esters is 1. The first kappa shape index (κ1) is 16.6. The lowest BCUT2D eigenvalue weighted by atomic mass is 10.1. The Morgan fingerprint density at radius 1 is 1.22 bits per heavy atom. The molecule has 0 saturated heterocycles. The van der Waals surface area contributed by atoms with E-state index in [1.807, 2.05) is 0 Å². The summed E-state index contributed by atoms with van der Waals surface area (Å²) < 4.78 is 18.7. The molecule has 0 aromatic heterocycles. The van der Waals surface area contributed by atoms with Crippen LogP contribution in [0.2, 0.25) is 0 Å². The van der Waals surface area contributed by atoms with E-state index in [-0.39, 0.29) is 24.3 Å². The minimum atomic E-state index is -0.746. The molecule has 2 aromatic carbocycles. The van der Waals surface area contributed by atoms with E-state index in [0.717, 1.165) is 0 Å². The van der Waals surface area contributed by atoms with Crippen LogP contribution in [0, 0.1) is 15.9 Å². The molecule has 23 heavy (non-hydrogen) atoms. The predicted octanol–water partition coefficient (Wildman–Crippen LogP) is 3.97. The molecule has 0 saturated carbocycles. The molecule has 5 nitrogen and oxygen atoms in total. The van der Waals surface area contributed by atoms with Gasteiger partial charge in [-0.25, -0.2) is 4.39 Å². The first-order chi connectivity index (χ1) is 11.0. The van der Waals surface area contributed by atoms with Crippen molar-refractivity contribution >= 4 is 11.7 Å². The lowest BCUT2D eigenvalue weighted by molar-refractivity contribution is -0.386. The van der Waals surface area contributed by atoms with Crippen LogP contribution < -0.4 is 0 Å². The molecule has 1 atom stereocenters. The van der Waals surface area contributed by atoms with Gasteiger partial charge in [-0.2, -0.15) is 0 Å². The van der Waals surface area contributed by atoms with Crippen molar-refractivity contribution in [3.8, 4) is 0 Å². The number of para-hydroxylation sites is 1. The van der Waals surface area contributed by atoms with Crippen LogP contribution in [0.1, 0.15) is 30.6 Å². The lowest BCUT2D eigenvalue weighted by Crippen LogP contribution is -2.11. The van der Waals surface area contributed by atoms with E-state index in [1.165, 1.54) is 12.1 Å². The van der Waals surface area contributed by atoms with Gasteiger partial charge in [-0.1, -0.05) is 30.3 Å². The molecule has 1 unspecified atom stereocenters. The maximum absolute atomic E-state index is 13.5. The van der Waals surface area contributed by atoms with Crippen molar-refractivity contribution < 1.29 is 18.8 Å². The summed E-state index contributed by atoms with van der Waals surface area (Å²) in [6, 6.07) is 12.3. The Morgan fingerprint density at radius 3 is 2.57 bits per heavy atom. The highest BCUT2D eigenvalue weighted by Crippen LogP contribution is 2.27. The SMILES string of the molecule is CC(OC(=O)CCc1ccccc1F)c1ccccc1[N+](=O)[O-]. The number of nitro benzene ring substituents is 1.